The molecule has 2 heteroatoms. The van der Waals surface area contributed by atoms with Gasteiger partial charge in [-0.05, 0) is 127 Å². The Morgan fingerprint density at radius 1 is 0.475 bits per heavy atom. The summed E-state index contributed by atoms with van der Waals surface area (Å²) in [6, 6.07) is 33.3. The minimum Gasteiger partial charge on any atom is -0.399 e. The molecule has 0 aromatic heterocycles. The zero-order valence-corrected chi connectivity index (χ0v) is 38.4. The van der Waals surface area contributed by atoms with Crippen molar-refractivity contribution >= 4 is 11.4 Å². The Hall–Kier alpha value is -3.52. The molecule has 4 aromatic carbocycles. The van der Waals surface area contributed by atoms with Crippen molar-refractivity contribution in [2.45, 2.75) is 206 Å². The van der Waals surface area contributed by atoms with E-state index in [0.717, 1.165) is 17.3 Å². The van der Waals surface area contributed by atoms with Crippen LogP contribution in [0.4, 0.5) is 11.4 Å². The second-order valence-corrected chi connectivity index (χ2v) is 18.9. The van der Waals surface area contributed by atoms with Crippen LogP contribution in [-0.2, 0) is 5.41 Å². The first-order valence-corrected chi connectivity index (χ1v) is 24.7. The maximum Gasteiger partial charge on any atom is 0.0316 e. The van der Waals surface area contributed by atoms with Crippen LogP contribution in [0.3, 0.4) is 0 Å². The summed E-state index contributed by atoms with van der Waals surface area (Å²) in [6.07, 6.45) is 31.7. The average Bonchev–Trinajstić information content (AvgIpc) is 3.24. The van der Waals surface area contributed by atoms with Crippen molar-refractivity contribution < 1.29 is 0 Å². The van der Waals surface area contributed by atoms with Crippen molar-refractivity contribution in [2.75, 3.05) is 11.5 Å². The van der Waals surface area contributed by atoms with E-state index in [1.807, 2.05) is 0 Å². The van der Waals surface area contributed by atoms with Gasteiger partial charge in [-0.25, -0.2) is 0 Å². The van der Waals surface area contributed by atoms with E-state index in [9.17, 15) is 0 Å². The number of hydrogen-bond acceptors (Lipinski definition) is 2. The summed E-state index contributed by atoms with van der Waals surface area (Å²) in [4.78, 5) is 0. The molecule has 0 bridgehead atoms. The Labute approximate surface area is 362 Å². The van der Waals surface area contributed by atoms with Gasteiger partial charge in [0.2, 0.25) is 0 Å². The van der Waals surface area contributed by atoms with Gasteiger partial charge >= 0.3 is 0 Å². The molecule has 0 amide bonds. The van der Waals surface area contributed by atoms with Gasteiger partial charge in [0.15, 0.2) is 0 Å². The Bertz CT molecular complexity index is 1640. The topological polar surface area (TPSA) is 52.0 Å². The van der Waals surface area contributed by atoms with Gasteiger partial charge in [-0.2, -0.15) is 0 Å². The van der Waals surface area contributed by atoms with Gasteiger partial charge in [0.05, 0.1) is 0 Å². The molecule has 59 heavy (non-hydrogen) atoms. The molecule has 2 nitrogen and oxygen atoms in total. The third-order valence-electron chi connectivity index (χ3n) is 14.4. The third-order valence-corrected chi connectivity index (χ3v) is 14.4. The molecule has 2 unspecified atom stereocenters. The maximum atomic E-state index is 6.27. The molecule has 0 saturated heterocycles. The highest BCUT2D eigenvalue weighted by Gasteiger charge is 2.38. The Morgan fingerprint density at radius 3 is 1.20 bits per heavy atom. The van der Waals surface area contributed by atoms with E-state index in [0.29, 0.717) is 11.8 Å². The first kappa shape index (κ1) is 46.5. The Kier molecular flexibility index (Phi) is 19.5. The molecule has 4 aromatic rings. The predicted octanol–water partition coefficient (Wildman–Crippen LogP) is 17.1. The Morgan fingerprint density at radius 2 is 0.847 bits per heavy atom. The molecule has 0 spiro atoms. The van der Waals surface area contributed by atoms with Crippen LogP contribution in [0.25, 0.3) is 0 Å². The second-order valence-electron chi connectivity index (χ2n) is 18.9. The average molecular weight is 797 g/mol. The summed E-state index contributed by atoms with van der Waals surface area (Å²) in [5.74, 6) is 1.64. The summed E-state index contributed by atoms with van der Waals surface area (Å²) in [5.41, 5.74) is 25.8. The first-order chi connectivity index (χ1) is 28.8. The van der Waals surface area contributed by atoms with Gasteiger partial charge in [-0.3, -0.25) is 0 Å². The molecule has 1 aliphatic rings. The fraction of sp³-hybridized carbons (Fsp3) is 0.579. The van der Waals surface area contributed by atoms with Crippen LogP contribution >= 0.6 is 0 Å². The van der Waals surface area contributed by atoms with E-state index in [1.165, 1.54) is 199 Å². The molecular weight excluding hydrogens is 713 g/mol. The van der Waals surface area contributed by atoms with Crippen molar-refractivity contribution in [1.29, 1.82) is 0 Å². The van der Waals surface area contributed by atoms with Gasteiger partial charge in [0.1, 0.15) is 0 Å². The van der Waals surface area contributed by atoms with Crippen molar-refractivity contribution in [3.8, 4) is 0 Å². The van der Waals surface area contributed by atoms with E-state index in [1.54, 1.807) is 0 Å². The number of hydrogen-bond donors (Lipinski definition) is 2. The van der Waals surface area contributed by atoms with Crippen LogP contribution in [-0.4, -0.2) is 0 Å². The summed E-state index contributed by atoms with van der Waals surface area (Å²) in [6.45, 7) is 11.5. The number of aryl methyl sites for hydroxylation is 2. The van der Waals surface area contributed by atoms with E-state index in [-0.39, 0.29) is 5.41 Å². The zero-order chi connectivity index (χ0) is 41.9. The van der Waals surface area contributed by atoms with Crippen molar-refractivity contribution in [2.24, 2.45) is 5.92 Å². The van der Waals surface area contributed by atoms with E-state index >= 15 is 0 Å². The molecule has 4 N–H and O–H groups in total. The summed E-state index contributed by atoms with van der Waals surface area (Å²) in [5, 5.41) is 0. The highest BCUT2D eigenvalue weighted by atomic mass is 14.5. The third kappa shape index (κ3) is 13.5. The monoisotopic (exact) mass is 797 g/mol. The summed E-state index contributed by atoms with van der Waals surface area (Å²) < 4.78 is 0. The molecule has 322 valence electrons. The lowest BCUT2D eigenvalue weighted by Gasteiger charge is -2.42. The van der Waals surface area contributed by atoms with E-state index < -0.39 is 0 Å². The maximum absolute atomic E-state index is 6.27. The molecular formula is C57H84N2. The molecule has 1 saturated carbocycles. The lowest BCUT2D eigenvalue weighted by atomic mass is 9.62. The molecule has 2 atom stereocenters. The normalized spacial score (nSPS) is 17.9. The molecule has 1 fully saturated rings. The quantitative estimate of drug-likeness (QED) is 0.0491. The molecule has 1 aliphatic carbocycles. The van der Waals surface area contributed by atoms with Crippen LogP contribution in [0, 0.1) is 19.8 Å². The molecule has 5 rings (SSSR count). The fourth-order valence-electron chi connectivity index (χ4n) is 10.8. The SMILES string of the molecule is CCCCCCCCCCC(c1ccc(C2(c3ccc(C(CCCCCCCCCC)c4ccc(N)cc4C)cc3)CCC(CCC)CC2)cc1)c1ccc(N)cc1C. The zero-order valence-electron chi connectivity index (χ0n) is 38.4. The number of anilines is 2. The minimum atomic E-state index is 0.0517. The highest BCUT2D eigenvalue weighted by molar-refractivity contribution is 5.51. The Balaban J connectivity index is 1.39. The van der Waals surface area contributed by atoms with Crippen LogP contribution < -0.4 is 11.5 Å². The van der Waals surface area contributed by atoms with Crippen molar-refractivity contribution in [1.82, 2.24) is 0 Å². The number of nitrogens with two attached hydrogens (primary N) is 2. The smallest absolute Gasteiger partial charge is 0.0316 e. The number of nitrogen functional groups attached to an aromatic ring is 2. The fourth-order valence-corrected chi connectivity index (χ4v) is 10.8. The van der Waals surface area contributed by atoms with Crippen molar-refractivity contribution in [3.63, 3.8) is 0 Å². The minimum absolute atomic E-state index is 0.0517. The van der Waals surface area contributed by atoms with Crippen LogP contribution in [0.5, 0.6) is 0 Å². The van der Waals surface area contributed by atoms with Crippen LogP contribution in [0.1, 0.15) is 231 Å². The number of unbranched alkanes of at least 4 members (excludes halogenated alkanes) is 14. The van der Waals surface area contributed by atoms with Crippen LogP contribution in [0.2, 0.25) is 0 Å². The second kappa shape index (κ2) is 24.7. The standard InChI is InChI=1S/C57H84N2/c1-6-9-11-13-15-17-19-21-24-55(53-36-34-51(58)42-44(53)4)47-26-30-49(31-27-47)57(40-38-46(23-8-3)39-41-57)50-32-28-48(29-33-50)56(54-37-35-52(59)43-45(54)5)25-22-20-18-16-14-12-10-7-2/h26-37,42-43,46,55-56H,6-25,38-41,58-59H2,1-5H3. The predicted molar refractivity (Wildman–Crippen MR) is 260 cm³/mol. The largest absolute Gasteiger partial charge is 0.399 e. The van der Waals surface area contributed by atoms with Gasteiger partial charge in [-0.1, -0.05) is 197 Å². The lowest BCUT2D eigenvalue weighted by Crippen LogP contribution is -2.33. The van der Waals surface area contributed by atoms with Gasteiger partial charge in [0.25, 0.3) is 0 Å². The molecule has 0 aliphatic heterocycles. The molecule has 0 heterocycles. The van der Waals surface area contributed by atoms with E-state index in [2.05, 4.69) is 120 Å². The van der Waals surface area contributed by atoms with Crippen molar-refractivity contribution in [3.05, 3.63) is 129 Å². The lowest BCUT2D eigenvalue weighted by molar-refractivity contribution is 0.253. The number of benzene rings is 4. The highest BCUT2D eigenvalue weighted by Crippen LogP contribution is 2.48. The van der Waals surface area contributed by atoms with Gasteiger partial charge < -0.3 is 11.5 Å². The summed E-state index contributed by atoms with van der Waals surface area (Å²) in [7, 11) is 0. The van der Waals surface area contributed by atoms with Gasteiger partial charge in [-0.15, -0.1) is 0 Å². The van der Waals surface area contributed by atoms with Crippen LogP contribution in [0.15, 0.2) is 84.9 Å². The van der Waals surface area contributed by atoms with E-state index in [4.69, 9.17) is 11.5 Å². The molecule has 0 radical (unpaired) electrons. The number of rotatable bonds is 26. The summed E-state index contributed by atoms with van der Waals surface area (Å²) >= 11 is 0. The van der Waals surface area contributed by atoms with Gasteiger partial charge in [0, 0.05) is 28.6 Å². The first-order valence-electron chi connectivity index (χ1n) is 24.7.